The van der Waals surface area contributed by atoms with Gasteiger partial charge in [-0.25, -0.2) is 4.79 Å². The predicted molar refractivity (Wildman–Crippen MR) is 51.9 cm³/mol. The molecule has 1 aromatic rings. The summed E-state index contributed by atoms with van der Waals surface area (Å²) < 4.78 is 41.0. The van der Waals surface area contributed by atoms with Crippen molar-refractivity contribution in [3.05, 3.63) is 23.8 Å². The smallest absolute Gasteiger partial charge is 0.446 e. The second-order valence-electron chi connectivity index (χ2n) is 2.75. The monoisotopic (exact) mass is 252 g/mol. The third-order valence-corrected chi connectivity index (χ3v) is 2.30. The lowest BCUT2D eigenvalue weighted by atomic mass is 10.2. The average molecular weight is 252 g/mol. The average Bonchev–Trinajstić information content (AvgIpc) is 2.14. The van der Waals surface area contributed by atoms with Crippen molar-refractivity contribution in [3.8, 4) is 5.75 Å². The van der Waals surface area contributed by atoms with Crippen molar-refractivity contribution in [2.75, 3.05) is 7.11 Å². The van der Waals surface area contributed by atoms with Crippen LogP contribution in [0, 0.1) is 0 Å². The number of alkyl halides is 3. The summed E-state index contributed by atoms with van der Waals surface area (Å²) in [5.74, 6) is -1.23. The van der Waals surface area contributed by atoms with Crippen molar-refractivity contribution >= 4 is 17.7 Å². The van der Waals surface area contributed by atoms with Gasteiger partial charge in [-0.05, 0) is 30.0 Å². The molecule has 16 heavy (non-hydrogen) atoms. The summed E-state index contributed by atoms with van der Waals surface area (Å²) >= 11 is -0.381. The van der Waals surface area contributed by atoms with E-state index in [9.17, 15) is 18.0 Å². The first kappa shape index (κ1) is 12.7. The molecule has 0 atom stereocenters. The van der Waals surface area contributed by atoms with Gasteiger partial charge in [0.15, 0.2) is 0 Å². The van der Waals surface area contributed by atoms with Gasteiger partial charge in [-0.3, -0.25) is 0 Å². The SMILES string of the molecule is COc1cc(SC(F)(F)F)cc(C(=O)O)c1. The number of thioether (sulfide) groups is 1. The first-order valence-electron chi connectivity index (χ1n) is 4.00. The van der Waals surface area contributed by atoms with Crippen LogP contribution in [0.25, 0.3) is 0 Å². The minimum atomic E-state index is -4.46. The molecule has 88 valence electrons. The van der Waals surface area contributed by atoms with Gasteiger partial charge in [0.1, 0.15) is 5.75 Å². The van der Waals surface area contributed by atoms with Crippen molar-refractivity contribution in [2.45, 2.75) is 10.4 Å². The van der Waals surface area contributed by atoms with Gasteiger partial charge in [0.05, 0.1) is 12.7 Å². The zero-order valence-corrected chi connectivity index (χ0v) is 8.85. The number of methoxy groups -OCH3 is 1. The Bertz CT molecular complexity index is 403. The molecule has 0 unspecified atom stereocenters. The molecule has 0 saturated heterocycles. The Hall–Kier alpha value is -1.37. The summed E-state index contributed by atoms with van der Waals surface area (Å²) in [5.41, 5.74) is -4.70. The Morgan fingerprint density at radius 1 is 1.38 bits per heavy atom. The molecule has 0 aliphatic carbocycles. The molecule has 0 aliphatic heterocycles. The second kappa shape index (κ2) is 4.65. The molecular weight excluding hydrogens is 245 g/mol. The summed E-state index contributed by atoms with van der Waals surface area (Å²) in [4.78, 5) is 10.4. The Kier molecular flexibility index (Phi) is 3.69. The molecule has 1 rings (SSSR count). The molecule has 0 amide bonds. The highest BCUT2D eigenvalue weighted by molar-refractivity contribution is 8.00. The zero-order valence-electron chi connectivity index (χ0n) is 8.04. The van der Waals surface area contributed by atoms with Crippen molar-refractivity contribution in [3.63, 3.8) is 0 Å². The van der Waals surface area contributed by atoms with Gasteiger partial charge in [0, 0.05) is 4.90 Å². The Morgan fingerprint density at radius 3 is 2.44 bits per heavy atom. The molecule has 0 aromatic heterocycles. The van der Waals surface area contributed by atoms with E-state index in [1.807, 2.05) is 0 Å². The third kappa shape index (κ3) is 3.65. The van der Waals surface area contributed by atoms with E-state index in [0.717, 1.165) is 18.2 Å². The van der Waals surface area contributed by atoms with Crippen LogP contribution in [0.2, 0.25) is 0 Å². The maximum Gasteiger partial charge on any atom is 0.446 e. The van der Waals surface area contributed by atoms with Gasteiger partial charge in [-0.2, -0.15) is 13.2 Å². The van der Waals surface area contributed by atoms with Crippen LogP contribution in [-0.2, 0) is 0 Å². The fourth-order valence-corrected chi connectivity index (χ4v) is 1.63. The molecule has 0 fully saturated rings. The molecule has 7 heteroatoms. The normalized spacial score (nSPS) is 11.2. The number of hydrogen-bond acceptors (Lipinski definition) is 3. The highest BCUT2D eigenvalue weighted by Crippen LogP contribution is 2.38. The highest BCUT2D eigenvalue weighted by Gasteiger charge is 2.29. The van der Waals surface area contributed by atoms with Crippen molar-refractivity contribution in [1.29, 1.82) is 0 Å². The number of rotatable bonds is 3. The maximum atomic E-state index is 12.1. The maximum absolute atomic E-state index is 12.1. The lowest BCUT2D eigenvalue weighted by Gasteiger charge is -2.08. The van der Waals surface area contributed by atoms with E-state index in [1.165, 1.54) is 7.11 Å². The number of halogens is 3. The fourth-order valence-electron chi connectivity index (χ4n) is 1.01. The Balaban J connectivity index is 3.09. The third-order valence-electron chi connectivity index (χ3n) is 1.60. The summed E-state index contributed by atoms with van der Waals surface area (Å²) in [7, 11) is 1.25. The molecule has 0 bridgehead atoms. The molecule has 3 nitrogen and oxygen atoms in total. The van der Waals surface area contributed by atoms with E-state index in [-0.39, 0.29) is 28.0 Å². The van der Waals surface area contributed by atoms with E-state index >= 15 is 0 Å². The van der Waals surface area contributed by atoms with Crippen LogP contribution in [-0.4, -0.2) is 23.7 Å². The van der Waals surface area contributed by atoms with E-state index in [2.05, 4.69) is 0 Å². The summed E-state index contributed by atoms with van der Waals surface area (Å²) in [6.07, 6.45) is 0. The first-order chi connectivity index (χ1) is 7.31. The van der Waals surface area contributed by atoms with Gasteiger partial charge in [0.25, 0.3) is 0 Å². The van der Waals surface area contributed by atoms with Gasteiger partial charge in [-0.15, -0.1) is 0 Å². The van der Waals surface area contributed by atoms with Crippen LogP contribution in [0.1, 0.15) is 10.4 Å². The van der Waals surface area contributed by atoms with E-state index in [4.69, 9.17) is 9.84 Å². The lowest BCUT2D eigenvalue weighted by molar-refractivity contribution is -0.0328. The molecule has 0 saturated carbocycles. The number of ether oxygens (including phenoxy) is 1. The fraction of sp³-hybridized carbons (Fsp3) is 0.222. The molecule has 1 N–H and O–H groups in total. The largest absolute Gasteiger partial charge is 0.497 e. The number of carboxylic acid groups (broad SMARTS) is 1. The Morgan fingerprint density at radius 2 is 2.00 bits per heavy atom. The standard InChI is InChI=1S/C9H7F3O3S/c1-15-6-2-5(8(13)14)3-7(4-6)16-9(10,11)12/h2-4H,1H3,(H,13,14). The zero-order chi connectivity index (χ0) is 12.3. The predicted octanol–water partition coefficient (Wildman–Crippen LogP) is 3.01. The molecule has 0 aliphatic rings. The second-order valence-corrected chi connectivity index (χ2v) is 3.89. The molecule has 0 radical (unpaired) electrons. The molecule has 1 aromatic carbocycles. The number of carboxylic acids is 1. The van der Waals surface area contributed by atoms with Crippen LogP contribution in [0.3, 0.4) is 0 Å². The molecule has 0 heterocycles. The molecule has 0 spiro atoms. The van der Waals surface area contributed by atoms with Crippen LogP contribution >= 0.6 is 11.8 Å². The number of benzene rings is 1. The number of carbonyl (C=O) groups is 1. The number of hydrogen-bond donors (Lipinski definition) is 1. The number of aromatic carboxylic acids is 1. The first-order valence-corrected chi connectivity index (χ1v) is 4.81. The summed E-state index contributed by atoms with van der Waals surface area (Å²) in [6.45, 7) is 0. The quantitative estimate of drug-likeness (QED) is 0.840. The minimum absolute atomic E-state index is 0.0756. The van der Waals surface area contributed by atoms with Gasteiger partial charge in [-0.1, -0.05) is 0 Å². The van der Waals surface area contributed by atoms with Gasteiger partial charge < -0.3 is 9.84 Å². The van der Waals surface area contributed by atoms with E-state index < -0.39 is 11.5 Å². The van der Waals surface area contributed by atoms with Crippen LogP contribution in [0.4, 0.5) is 13.2 Å². The lowest BCUT2D eigenvalue weighted by Crippen LogP contribution is -2.02. The summed E-state index contributed by atoms with van der Waals surface area (Å²) in [5, 5.41) is 8.68. The van der Waals surface area contributed by atoms with Crippen LogP contribution < -0.4 is 4.74 Å². The van der Waals surface area contributed by atoms with Crippen LogP contribution in [0.15, 0.2) is 23.1 Å². The highest BCUT2D eigenvalue weighted by atomic mass is 32.2. The van der Waals surface area contributed by atoms with Crippen LogP contribution in [0.5, 0.6) is 5.75 Å². The minimum Gasteiger partial charge on any atom is -0.497 e. The van der Waals surface area contributed by atoms with Crippen molar-refractivity contribution in [2.24, 2.45) is 0 Å². The molecular formula is C9H7F3O3S. The van der Waals surface area contributed by atoms with E-state index in [0.29, 0.717) is 0 Å². The summed E-state index contributed by atoms with van der Waals surface area (Å²) in [6, 6.07) is 3.23. The van der Waals surface area contributed by atoms with Gasteiger partial charge >= 0.3 is 11.5 Å². The topological polar surface area (TPSA) is 46.5 Å². The van der Waals surface area contributed by atoms with Crippen molar-refractivity contribution < 1.29 is 27.8 Å². The van der Waals surface area contributed by atoms with Crippen molar-refractivity contribution in [1.82, 2.24) is 0 Å². The van der Waals surface area contributed by atoms with Gasteiger partial charge in [0.2, 0.25) is 0 Å². The van der Waals surface area contributed by atoms with E-state index in [1.54, 1.807) is 0 Å². The Labute approximate surface area is 93.2 Å².